The van der Waals surface area contributed by atoms with Crippen molar-refractivity contribution in [2.24, 2.45) is 0 Å². The zero-order chi connectivity index (χ0) is 21.1. The zero-order valence-electron chi connectivity index (χ0n) is 16.5. The van der Waals surface area contributed by atoms with E-state index >= 15 is 0 Å². The SMILES string of the molecule is O=C(Nc1ccc(F)c(-n2cc3cc(N4C[C@@H]5C[C@H]4CO5)cnc3n2)c1)N1CC(F)C1. The Hall–Kier alpha value is -3.27. The molecule has 2 atom stereocenters. The number of carbonyl (C=O) groups excluding carboxylic acids is 1. The van der Waals surface area contributed by atoms with Crippen molar-refractivity contribution >= 4 is 28.4 Å². The largest absolute Gasteiger partial charge is 0.374 e. The van der Waals surface area contributed by atoms with Gasteiger partial charge < -0.3 is 19.9 Å². The van der Waals surface area contributed by atoms with E-state index in [4.69, 9.17) is 4.74 Å². The molecule has 3 fully saturated rings. The summed E-state index contributed by atoms with van der Waals surface area (Å²) < 4.78 is 34.6. The number of pyridine rings is 1. The fourth-order valence-corrected chi connectivity index (χ4v) is 4.46. The summed E-state index contributed by atoms with van der Waals surface area (Å²) in [5.74, 6) is -0.479. The molecule has 0 unspecified atom stereocenters. The minimum absolute atomic E-state index is 0.0726. The predicted molar refractivity (Wildman–Crippen MR) is 110 cm³/mol. The van der Waals surface area contributed by atoms with Gasteiger partial charge in [0, 0.05) is 23.8 Å². The molecule has 6 rings (SSSR count). The van der Waals surface area contributed by atoms with Crippen molar-refractivity contribution in [2.45, 2.75) is 24.7 Å². The van der Waals surface area contributed by atoms with E-state index in [1.807, 2.05) is 6.07 Å². The first-order valence-corrected chi connectivity index (χ1v) is 10.3. The van der Waals surface area contributed by atoms with Crippen LogP contribution in [0, 0.1) is 5.82 Å². The number of fused-ring (bicyclic) bond motifs is 3. The van der Waals surface area contributed by atoms with E-state index in [2.05, 4.69) is 20.3 Å². The third-order valence-corrected chi connectivity index (χ3v) is 6.14. The standard InChI is InChI=1S/C21H20F2N6O2/c22-13-8-27(9-13)21(30)25-14-1-2-18(23)19(4-14)29-7-12-3-15(6-24-20(12)26-29)28-10-17-5-16(28)11-31-17/h1-4,6-7,13,16-17H,5,8-11H2,(H,25,30)/t16-,17-/m0/s1. The van der Waals surface area contributed by atoms with Gasteiger partial charge in [-0.15, -0.1) is 5.10 Å². The number of carbonyl (C=O) groups is 1. The van der Waals surface area contributed by atoms with Crippen LogP contribution in [0.15, 0.2) is 36.7 Å². The molecule has 3 aliphatic heterocycles. The Bertz CT molecular complexity index is 1180. The second-order valence-corrected chi connectivity index (χ2v) is 8.28. The summed E-state index contributed by atoms with van der Waals surface area (Å²) in [4.78, 5) is 20.3. The Morgan fingerprint density at radius 2 is 2.10 bits per heavy atom. The molecule has 31 heavy (non-hydrogen) atoms. The number of likely N-dealkylation sites (tertiary alicyclic amines) is 1. The van der Waals surface area contributed by atoms with Gasteiger partial charge in [0.05, 0.1) is 43.7 Å². The van der Waals surface area contributed by atoms with Crippen LogP contribution in [0.5, 0.6) is 0 Å². The van der Waals surface area contributed by atoms with Gasteiger partial charge in [-0.25, -0.2) is 23.2 Å². The summed E-state index contributed by atoms with van der Waals surface area (Å²) in [6.45, 7) is 1.73. The number of amides is 2. The molecule has 3 aliphatic rings. The monoisotopic (exact) mass is 426 g/mol. The number of anilines is 2. The number of morpholine rings is 1. The van der Waals surface area contributed by atoms with Crippen molar-refractivity contribution < 1.29 is 18.3 Å². The van der Waals surface area contributed by atoms with E-state index < -0.39 is 18.0 Å². The Morgan fingerprint density at radius 1 is 1.23 bits per heavy atom. The molecule has 3 aromatic rings. The molecule has 1 N–H and O–H groups in total. The van der Waals surface area contributed by atoms with Crippen molar-refractivity contribution in [3.05, 3.63) is 42.5 Å². The maximum Gasteiger partial charge on any atom is 0.322 e. The van der Waals surface area contributed by atoms with E-state index in [-0.39, 0.29) is 24.9 Å². The lowest BCUT2D eigenvalue weighted by Gasteiger charge is -2.34. The number of alkyl halides is 1. The highest BCUT2D eigenvalue weighted by Gasteiger charge is 2.39. The van der Waals surface area contributed by atoms with Gasteiger partial charge in [0.15, 0.2) is 5.65 Å². The van der Waals surface area contributed by atoms with E-state index in [1.165, 1.54) is 27.8 Å². The lowest BCUT2D eigenvalue weighted by molar-refractivity contribution is 0.0974. The summed E-state index contributed by atoms with van der Waals surface area (Å²) in [6.07, 6.45) is 3.85. The maximum atomic E-state index is 14.6. The minimum atomic E-state index is -0.980. The van der Waals surface area contributed by atoms with Crippen LogP contribution in [0.4, 0.5) is 25.0 Å². The second-order valence-electron chi connectivity index (χ2n) is 8.28. The average molecular weight is 426 g/mol. The van der Waals surface area contributed by atoms with E-state index in [1.54, 1.807) is 12.4 Å². The first-order chi connectivity index (χ1) is 15.0. The van der Waals surface area contributed by atoms with Crippen molar-refractivity contribution in [2.75, 3.05) is 36.5 Å². The number of hydrogen-bond donors (Lipinski definition) is 1. The molecule has 2 bridgehead atoms. The number of urea groups is 1. The van der Waals surface area contributed by atoms with Crippen molar-refractivity contribution in [3.8, 4) is 5.69 Å². The highest BCUT2D eigenvalue weighted by molar-refractivity contribution is 5.90. The molecule has 0 radical (unpaired) electrons. The van der Waals surface area contributed by atoms with Crippen molar-refractivity contribution in [1.29, 1.82) is 0 Å². The van der Waals surface area contributed by atoms with E-state index in [9.17, 15) is 13.6 Å². The smallest absolute Gasteiger partial charge is 0.322 e. The lowest BCUT2D eigenvalue weighted by atomic mass is 10.2. The summed E-state index contributed by atoms with van der Waals surface area (Å²) in [5, 5.41) is 7.87. The number of rotatable bonds is 3. The number of nitrogens with one attached hydrogen (secondary N) is 1. The number of ether oxygens (including phenoxy) is 1. The third kappa shape index (κ3) is 3.18. The summed E-state index contributed by atoms with van der Waals surface area (Å²) in [6, 6.07) is 6.21. The van der Waals surface area contributed by atoms with Gasteiger partial charge in [-0.05, 0) is 30.7 Å². The fraction of sp³-hybridized carbons (Fsp3) is 0.381. The summed E-state index contributed by atoms with van der Waals surface area (Å²) in [7, 11) is 0. The van der Waals surface area contributed by atoms with Gasteiger partial charge in [-0.3, -0.25) is 0 Å². The summed E-state index contributed by atoms with van der Waals surface area (Å²) >= 11 is 0. The average Bonchev–Trinajstić information content (AvgIpc) is 3.47. The molecule has 2 aromatic heterocycles. The van der Waals surface area contributed by atoms with Crippen LogP contribution in [0.1, 0.15) is 6.42 Å². The highest BCUT2D eigenvalue weighted by atomic mass is 19.1. The number of aromatic nitrogens is 3. The molecule has 3 saturated heterocycles. The number of halogens is 2. The van der Waals surface area contributed by atoms with Crippen LogP contribution in [0.2, 0.25) is 0 Å². The highest BCUT2D eigenvalue weighted by Crippen LogP contribution is 2.33. The molecule has 160 valence electrons. The predicted octanol–water partition coefficient (Wildman–Crippen LogP) is 2.72. The van der Waals surface area contributed by atoms with Gasteiger partial charge in [-0.1, -0.05) is 0 Å². The Kier molecular flexibility index (Phi) is 4.10. The number of nitrogens with zero attached hydrogens (tertiary/aromatic N) is 5. The molecule has 0 saturated carbocycles. The molecule has 2 amide bonds. The molecule has 8 nitrogen and oxygen atoms in total. The summed E-state index contributed by atoms with van der Waals surface area (Å²) in [5.41, 5.74) is 2.11. The topological polar surface area (TPSA) is 75.5 Å². The first-order valence-electron chi connectivity index (χ1n) is 10.3. The molecular formula is C21H20F2N6O2. The quantitative estimate of drug-likeness (QED) is 0.697. The lowest BCUT2D eigenvalue weighted by Crippen LogP contribution is -2.53. The molecule has 1 aromatic carbocycles. The van der Waals surface area contributed by atoms with E-state index in [0.29, 0.717) is 17.4 Å². The van der Waals surface area contributed by atoms with Gasteiger partial charge >= 0.3 is 6.03 Å². The normalized spacial score (nSPS) is 22.9. The van der Waals surface area contributed by atoms with Crippen LogP contribution in [0.25, 0.3) is 16.7 Å². The van der Waals surface area contributed by atoms with Gasteiger partial charge in [0.25, 0.3) is 0 Å². The molecule has 0 spiro atoms. The van der Waals surface area contributed by atoms with Crippen LogP contribution in [0.3, 0.4) is 0 Å². The van der Waals surface area contributed by atoms with Crippen LogP contribution < -0.4 is 10.2 Å². The second kappa shape index (κ2) is 6.88. The van der Waals surface area contributed by atoms with Gasteiger partial charge in [-0.2, -0.15) is 0 Å². The molecule has 5 heterocycles. The molecule has 0 aliphatic carbocycles. The Balaban J connectivity index is 1.27. The van der Waals surface area contributed by atoms with Gasteiger partial charge in [0.1, 0.15) is 17.7 Å². The van der Waals surface area contributed by atoms with Crippen molar-refractivity contribution in [3.63, 3.8) is 0 Å². The maximum absolute atomic E-state index is 14.6. The van der Waals surface area contributed by atoms with Gasteiger partial charge in [0.2, 0.25) is 0 Å². The Labute approximate surface area is 176 Å². The third-order valence-electron chi connectivity index (χ3n) is 6.14. The van der Waals surface area contributed by atoms with Crippen LogP contribution >= 0.6 is 0 Å². The van der Waals surface area contributed by atoms with E-state index in [0.717, 1.165) is 30.6 Å². The van der Waals surface area contributed by atoms with Crippen LogP contribution in [-0.4, -0.2) is 70.3 Å². The minimum Gasteiger partial charge on any atom is -0.374 e. The first kappa shape index (κ1) is 18.5. The number of hydrogen-bond acceptors (Lipinski definition) is 5. The van der Waals surface area contributed by atoms with Crippen LogP contribution in [-0.2, 0) is 4.74 Å². The fourth-order valence-electron chi connectivity index (χ4n) is 4.46. The Morgan fingerprint density at radius 3 is 2.84 bits per heavy atom. The van der Waals surface area contributed by atoms with Crippen molar-refractivity contribution in [1.82, 2.24) is 19.7 Å². The molecular weight excluding hydrogens is 406 g/mol. The molecule has 10 heteroatoms. The zero-order valence-corrected chi connectivity index (χ0v) is 16.5. The number of benzene rings is 1.